The van der Waals surface area contributed by atoms with Gasteiger partial charge >= 0.3 is 5.97 Å². The van der Waals surface area contributed by atoms with E-state index in [4.69, 9.17) is 15.7 Å². The van der Waals surface area contributed by atoms with Crippen molar-refractivity contribution in [1.82, 2.24) is 15.4 Å². The standard InChI is InChI=1S/C14H17N5O6/c1-7-11(14(23)19(7)25-6-10(20)21)17-13(22)12(18-24-2)8-4-3-5-9(15)16-8/h3-5,7,11H,6H2,1-2H3,(H2,15,16)(H,17,22)(H,20,21)/t7-,11-/m0/s1. The van der Waals surface area contributed by atoms with Crippen LogP contribution in [-0.4, -0.2) is 64.4 Å². The molecule has 0 unspecified atom stereocenters. The number of carboxylic acids is 1. The Balaban J connectivity index is 2.06. The second kappa shape index (κ2) is 7.57. The third-order valence-corrected chi connectivity index (χ3v) is 3.36. The highest BCUT2D eigenvalue weighted by Crippen LogP contribution is 2.20. The number of pyridine rings is 1. The number of nitrogens with zero attached hydrogens (tertiary/aromatic N) is 3. The Kier molecular flexibility index (Phi) is 5.49. The Hall–Kier alpha value is -3.21. The Morgan fingerprint density at radius 2 is 2.20 bits per heavy atom. The molecule has 25 heavy (non-hydrogen) atoms. The van der Waals surface area contributed by atoms with E-state index in [1.165, 1.54) is 13.2 Å². The average molecular weight is 351 g/mol. The predicted molar refractivity (Wildman–Crippen MR) is 84.0 cm³/mol. The van der Waals surface area contributed by atoms with Crippen molar-refractivity contribution in [3.05, 3.63) is 23.9 Å². The summed E-state index contributed by atoms with van der Waals surface area (Å²) in [7, 11) is 1.26. The molecule has 1 aromatic heterocycles. The largest absolute Gasteiger partial charge is 0.479 e. The zero-order chi connectivity index (χ0) is 18.6. The number of nitrogens with one attached hydrogen (secondary N) is 1. The van der Waals surface area contributed by atoms with Crippen molar-refractivity contribution in [2.45, 2.75) is 19.0 Å². The molecule has 1 aromatic rings. The SMILES string of the molecule is CON=C(C(=O)N[C@@H]1C(=O)N(OCC(=O)O)[C@H]1C)c1cccc(N)n1. The highest BCUT2D eigenvalue weighted by molar-refractivity contribution is 6.45. The van der Waals surface area contributed by atoms with Crippen molar-refractivity contribution in [2.24, 2.45) is 5.16 Å². The van der Waals surface area contributed by atoms with Gasteiger partial charge in [0.1, 0.15) is 24.7 Å². The molecule has 2 amide bonds. The fraction of sp³-hybridized carbons (Fsp3) is 0.357. The van der Waals surface area contributed by atoms with Crippen LogP contribution in [0.2, 0.25) is 0 Å². The minimum atomic E-state index is -1.21. The lowest BCUT2D eigenvalue weighted by molar-refractivity contribution is -0.233. The molecule has 0 radical (unpaired) electrons. The van der Waals surface area contributed by atoms with E-state index in [-0.39, 0.29) is 17.2 Å². The van der Waals surface area contributed by atoms with Gasteiger partial charge in [0.15, 0.2) is 12.3 Å². The summed E-state index contributed by atoms with van der Waals surface area (Å²) in [6.07, 6.45) is 0. The third kappa shape index (κ3) is 4.01. The normalized spacial score (nSPS) is 20.0. The number of hydrogen-bond acceptors (Lipinski definition) is 8. The first-order valence-corrected chi connectivity index (χ1v) is 7.17. The Labute approximate surface area is 142 Å². The van der Waals surface area contributed by atoms with E-state index in [9.17, 15) is 14.4 Å². The number of rotatable bonds is 7. The molecule has 1 aliphatic heterocycles. The van der Waals surface area contributed by atoms with Gasteiger partial charge in [-0.05, 0) is 19.1 Å². The summed E-state index contributed by atoms with van der Waals surface area (Å²) in [5, 5.41) is 15.6. The second-order valence-electron chi connectivity index (χ2n) is 5.09. The van der Waals surface area contributed by atoms with Crippen LogP contribution in [-0.2, 0) is 24.1 Å². The Morgan fingerprint density at radius 3 is 2.76 bits per heavy atom. The molecule has 2 atom stereocenters. The van der Waals surface area contributed by atoms with Crippen LogP contribution >= 0.6 is 0 Å². The molecule has 1 fully saturated rings. The maximum atomic E-state index is 12.4. The van der Waals surface area contributed by atoms with Crippen molar-refractivity contribution in [1.29, 1.82) is 0 Å². The number of carbonyl (C=O) groups excluding carboxylic acids is 2. The summed E-state index contributed by atoms with van der Waals surface area (Å²) in [6, 6.07) is 3.22. The summed E-state index contributed by atoms with van der Waals surface area (Å²) in [5.41, 5.74) is 5.61. The van der Waals surface area contributed by atoms with Crippen LogP contribution in [0.25, 0.3) is 0 Å². The van der Waals surface area contributed by atoms with Crippen molar-refractivity contribution >= 4 is 29.3 Å². The minimum Gasteiger partial charge on any atom is -0.479 e. The fourth-order valence-electron chi connectivity index (χ4n) is 2.17. The molecule has 11 heteroatoms. The molecule has 2 rings (SSSR count). The molecular weight excluding hydrogens is 334 g/mol. The lowest BCUT2D eigenvalue weighted by Gasteiger charge is -2.43. The molecule has 134 valence electrons. The summed E-state index contributed by atoms with van der Waals surface area (Å²) in [5.74, 6) is -2.28. The van der Waals surface area contributed by atoms with Crippen molar-refractivity contribution < 1.29 is 29.2 Å². The van der Waals surface area contributed by atoms with Crippen LogP contribution in [0, 0.1) is 0 Å². The van der Waals surface area contributed by atoms with Crippen molar-refractivity contribution in [3.63, 3.8) is 0 Å². The smallest absolute Gasteiger partial charge is 0.332 e. The summed E-state index contributed by atoms with van der Waals surface area (Å²) < 4.78 is 0. The predicted octanol–water partition coefficient (Wildman–Crippen LogP) is -1.25. The van der Waals surface area contributed by atoms with E-state index in [2.05, 4.69) is 20.3 Å². The number of aliphatic carboxylic acids is 1. The van der Waals surface area contributed by atoms with Gasteiger partial charge in [-0.1, -0.05) is 11.2 Å². The fourth-order valence-corrected chi connectivity index (χ4v) is 2.17. The average Bonchev–Trinajstić information content (AvgIpc) is 2.57. The lowest BCUT2D eigenvalue weighted by atomic mass is 9.99. The first-order chi connectivity index (χ1) is 11.8. The first-order valence-electron chi connectivity index (χ1n) is 7.17. The van der Waals surface area contributed by atoms with E-state index in [0.717, 1.165) is 5.06 Å². The number of hydrogen-bond donors (Lipinski definition) is 3. The van der Waals surface area contributed by atoms with Gasteiger partial charge in [0.2, 0.25) is 0 Å². The van der Waals surface area contributed by atoms with Crippen LogP contribution in [0.1, 0.15) is 12.6 Å². The first kappa shape index (κ1) is 18.1. The van der Waals surface area contributed by atoms with Gasteiger partial charge in [0, 0.05) is 0 Å². The van der Waals surface area contributed by atoms with Gasteiger partial charge in [-0.2, -0.15) is 0 Å². The molecule has 0 bridgehead atoms. The van der Waals surface area contributed by atoms with Crippen LogP contribution in [0.5, 0.6) is 0 Å². The summed E-state index contributed by atoms with van der Waals surface area (Å²) in [6.45, 7) is 0.945. The summed E-state index contributed by atoms with van der Waals surface area (Å²) in [4.78, 5) is 48.3. The molecule has 0 spiro atoms. The molecule has 2 heterocycles. The number of oxime groups is 1. The number of amides is 2. The molecule has 1 saturated heterocycles. The minimum absolute atomic E-state index is 0.153. The Morgan fingerprint density at radius 1 is 1.48 bits per heavy atom. The van der Waals surface area contributed by atoms with Gasteiger partial charge < -0.3 is 21.0 Å². The van der Waals surface area contributed by atoms with E-state index in [1.54, 1.807) is 19.1 Å². The van der Waals surface area contributed by atoms with Gasteiger partial charge in [-0.15, -0.1) is 0 Å². The maximum Gasteiger partial charge on any atom is 0.332 e. The number of hydroxylamine groups is 2. The van der Waals surface area contributed by atoms with Gasteiger partial charge in [-0.3, -0.25) is 14.4 Å². The lowest BCUT2D eigenvalue weighted by Crippen LogP contribution is -2.70. The van der Waals surface area contributed by atoms with Gasteiger partial charge in [-0.25, -0.2) is 14.8 Å². The Bertz CT molecular complexity index is 721. The topological polar surface area (TPSA) is 156 Å². The number of aromatic nitrogens is 1. The van der Waals surface area contributed by atoms with Gasteiger partial charge in [0.05, 0.1) is 6.04 Å². The van der Waals surface area contributed by atoms with Gasteiger partial charge in [0.25, 0.3) is 11.8 Å². The zero-order valence-electron chi connectivity index (χ0n) is 13.5. The number of anilines is 1. The number of β-lactam (4-membered cyclic amide) rings is 1. The highest BCUT2D eigenvalue weighted by Gasteiger charge is 2.47. The van der Waals surface area contributed by atoms with Crippen molar-refractivity contribution in [3.8, 4) is 0 Å². The molecule has 0 aromatic carbocycles. The van der Waals surface area contributed by atoms with Crippen LogP contribution in [0.4, 0.5) is 5.82 Å². The number of nitrogens with two attached hydrogens (primary N) is 1. The number of carbonyl (C=O) groups is 3. The quantitative estimate of drug-likeness (QED) is 0.312. The molecule has 11 nitrogen and oxygen atoms in total. The van der Waals surface area contributed by atoms with Crippen LogP contribution in [0.15, 0.2) is 23.4 Å². The van der Waals surface area contributed by atoms with E-state index in [1.807, 2.05) is 0 Å². The molecule has 4 N–H and O–H groups in total. The van der Waals surface area contributed by atoms with Crippen molar-refractivity contribution in [2.75, 3.05) is 19.5 Å². The zero-order valence-corrected chi connectivity index (χ0v) is 13.5. The van der Waals surface area contributed by atoms with E-state index < -0.39 is 36.5 Å². The second-order valence-corrected chi connectivity index (χ2v) is 5.09. The summed E-state index contributed by atoms with van der Waals surface area (Å²) >= 11 is 0. The number of carboxylic acid groups (broad SMARTS) is 1. The highest BCUT2D eigenvalue weighted by atomic mass is 16.7. The van der Waals surface area contributed by atoms with Crippen LogP contribution < -0.4 is 11.1 Å². The molecular formula is C14H17N5O6. The monoisotopic (exact) mass is 351 g/mol. The van der Waals surface area contributed by atoms with E-state index >= 15 is 0 Å². The third-order valence-electron chi connectivity index (χ3n) is 3.36. The molecule has 0 aliphatic carbocycles. The van der Waals surface area contributed by atoms with Crippen LogP contribution in [0.3, 0.4) is 0 Å². The molecule has 1 aliphatic rings. The maximum absolute atomic E-state index is 12.4. The molecule has 0 saturated carbocycles. The number of nitrogen functional groups attached to an aromatic ring is 1. The van der Waals surface area contributed by atoms with E-state index in [0.29, 0.717) is 0 Å².